The summed E-state index contributed by atoms with van der Waals surface area (Å²) in [4.78, 5) is 29.1. The van der Waals surface area contributed by atoms with E-state index < -0.39 is 10.2 Å². The highest BCUT2D eigenvalue weighted by Gasteiger charge is 2.44. The molecular weight excluding hydrogens is 440 g/mol. The van der Waals surface area contributed by atoms with E-state index in [4.69, 9.17) is 0 Å². The van der Waals surface area contributed by atoms with E-state index >= 15 is 0 Å². The summed E-state index contributed by atoms with van der Waals surface area (Å²) in [6.07, 6.45) is 4.04. The minimum Gasteiger partial charge on any atom is -0.292 e. The van der Waals surface area contributed by atoms with Crippen molar-refractivity contribution < 1.29 is 18.0 Å². The van der Waals surface area contributed by atoms with Crippen molar-refractivity contribution in [3.05, 3.63) is 30.3 Å². The maximum atomic E-state index is 13.0. The standard InChI is InChI=1S/C24H36N4O4S/c1-3-26(4-2)33(31,32)27-16-12-20(13-17-27)19-10-14-25(15-11-19)22-18-23(29)28(24(22)30)21-8-6-5-7-9-21/h5-9,19-20,22H,3-4,10-18H2,1-2H3/t22-/m0/s1. The molecule has 182 valence electrons. The van der Waals surface area contributed by atoms with Gasteiger partial charge in [0, 0.05) is 26.2 Å². The van der Waals surface area contributed by atoms with E-state index in [1.807, 2.05) is 32.0 Å². The molecular formula is C24H36N4O4S. The number of hydrogen-bond acceptors (Lipinski definition) is 5. The number of hydrogen-bond donors (Lipinski definition) is 0. The molecule has 0 spiro atoms. The molecule has 3 aliphatic rings. The molecule has 3 fully saturated rings. The molecule has 8 nitrogen and oxygen atoms in total. The molecule has 0 radical (unpaired) electrons. The summed E-state index contributed by atoms with van der Waals surface area (Å²) in [6, 6.07) is 8.80. The molecule has 9 heteroatoms. The first kappa shape index (κ1) is 24.3. The number of para-hydroxylation sites is 1. The van der Waals surface area contributed by atoms with Crippen molar-refractivity contribution in [3.63, 3.8) is 0 Å². The number of benzene rings is 1. The number of carbonyl (C=O) groups excluding carboxylic acids is 2. The number of imide groups is 1. The van der Waals surface area contributed by atoms with E-state index in [2.05, 4.69) is 4.90 Å². The minimum atomic E-state index is -3.35. The van der Waals surface area contributed by atoms with E-state index in [9.17, 15) is 18.0 Å². The second kappa shape index (κ2) is 10.2. The smallest absolute Gasteiger partial charge is 0.281 e. The first-order chi connectivity index (χ1) is 15.9. The molecule has 0 saturated carbocycles. The molecule has 4 rings (SSSR count). The van der Waals surface area contributed by atoms with Gasteiger partial charge in [-0.1, -0.05) is 32.0 Å². The molecule has 3 saturated heterocycles. The average Bonchev–Trinajstić information content (AvgIpc) is 3.14. The zero-order valence-electron chi connectivity index (χ0n) is 19.7. The van der Waals surface area contributed by atoms with E-state index in [0.29, 0.717) is 43.7 Å². The molecule has 0 unspecified atom stereocenters. The predicted octanol–water partition coefficient (Wildman–Crippen LogP) is 2.33. The third-order valence-corrected chi connectivity index (χ3v) is 9.86. The maximum absolute atomic E-state index is 13.0. The fourth-order valence-corrected chi connectivity index (χ4v) is 7.39. The Balaban J connectivity index is 1.30. The van der Waals surface area contributed by atoms with E-state index in [0.717, 1.165) is 38.8 Å². The fraction of sp³-hybridized carbons (Fsp3) is 0.667. The summed E-state index contributed by atoms with van der Waals surface area (Å²) in [6.45, 7) is 7.57. The molecule has 1 aromatic rings. The first-order valence-electron chi connectivity index (χ1n) is 12.3. The van der Waals surface area contributed by atoms with Gasteiger partial charge in [0.05, 0.1) is 18.2 Å². The van der Waals surface area contributed by atoms with Crippen molar-refractivity contribution >= 4 is 27.7 Å². The molecule has 0 aromatic heterocycles. The molecule has 1 aromatic carbocycles. The van der Waals surface area contributed by atoms with E-state index in [-0.39, 0.29) is 24.3 Å². The molecule has 3 heterocycles. The van der Waals surface area contributed by atoms with Gasteiger partial charge in [-0.05, 0) is 62.7 Å². The Bertz CT molecular complexity index is 934. The maximum Gasteiger partial charge on any atom is 0.281 e. The lowest BCUT2D eigenvalue weighted by molar-refractivity contribution is -0.123. The van der Waals surface area contributed by atoms with Gasteiger partial charge < -0.3 is 0 Å². The number of likely N-dealkylation sites (tertiary alicyclic amines) is 1. The van der Waals surface area contributed by atoms with Gasteiger partial charge in [0.15, 0.2) is 0 Å². The predicted molar refractivity (Wildman–Crippen MR) is 128 cm³/mol. The Kier molecular flexibility index (Phi) is 7.53. The van der Waals surface area contributed by atoms with Crippen molar-refractivity contribution in [1.82, 2.24) is 13.5 Å². The molecule has 0 N–H and O–H groups in total. The number of nitrogens with zero attached hydrogens (tertiary/aromatic N) is 4. The number of piperidine rings is 2. The zero-order chi connectivity index (χ0) is 23.6. The quantitative estimate of drug-likeness (QED) is 0.564. The van der Waals surface area contributed by atoms with Crippen molar-refractivity contribution in [1.29, 1.82) is 0 Å². The van der Waals surface area contributed by atoms with Gasteiger partial charge in [0.2, 0.25) is 5.91 Å². The number of rotatable bonds is 7. The molecule has 1 atom stereocenters. The summed E-state index contributed by atoms with van der Waals surface area (Å²) < 4.78 is 28.8. The second-order valence-electron chi connectivity index (χ2n) is 9.32. The van der Waals surface area contributed by atoms with Crippen LogP contribution in [0, 0.1) is 11.8 Å². The highest BCUT2D eigenvalue weighted by molar-refractivity contribution is 7.86. The van der Waals surface area contributed by atoms with Crippen molar-refractivity contribution in [3.8, 4) is 0 Å². The zero-order valence-corrected chi connectivity index (χ0v) is 20.5. The highest BCUT2D eigenvalue weighted by Crippen LogP contribution is 2.35. The van der Waals surface area contributed by atoms with Gasteiger partial charge in [-0.15, -0.1) is 0 Å². The molecule has 33 heavy (non-hydrogen) atoms. The van der Waals surface area contributed by atoms with Crippen molar-refractivity contribution in [2.75, 3.05) is 44.2 Å². The first-order valence-corrected chi connectivity index (χ1v) is 13.7. The average molecular weight is 477 g/mol. The molecule has 0 bridgehead atoms. The van der Waals surface area contributed by atoms with Gasteiger partial charge in [0.25, 0.3) is 16.1 Å². The fourth-order valence-electron chi connectivity index (χ4n) is 5.74. The van der Waals surface area contributed by atoms with Crippen LogP contribution in [0.25, 0.3) is 0 Å². The highest BCUT2D eigenvalue weighted by atomic mass is 32.2. The van der Waals surface area contributed by atoms with Crippen LogP contribution in [0.3, 0.4) is 0 Å². The van der Waals surface area contributed by atoms with Crippen LogP contribution in [0.5, 0.6) is 0 Å². The van der Waals surface area contributed by atoms with Crippen LogP contribution in [-0.4, -0.2) is 79.1 Å². The summed E-state index contributed by atoms with van der Waals surface area (Å²) in [5.41, 5.74) is 0.649. The van der Waals surface area contributed by atoms with Crippen LogP contribution < -0.4 is 4.90 Å². The van der Waals surface area contributed by atoms with Gasteiger partial charge >= 0.3 is 0 Å². The summed E-state index contributed by atoms with van der Waals surface area (Å²) in [5.74, 6) is 0.841. The second-order valence-corrected chi connectivity index (χ2v) is 11.3. The molecule has 0 aliphatic carbocycles. The summed E-state index contributed by atoms with van der Waals surface area (Å²) >= 11 is 0. The van der Waals surface area contributed by atoms with Gasteiger partial charge in [-0.3, -0.25) is 14.5 Å². The van der Waals surface area contributed by atoms with Crippen LogP contribution in [0.2, 0.25) is 0 Å². The monoisotopic (exact) mass is 476 g/mol. The Morgan fingerprint density at radius 2 is 1.42 bits per heavy atom. The van der Waals surface area contributed by atoms with Crippen molar-refractivity contribution in [2.45, 2.75) is 52.0 Å². The molecule has 3 aliphatic heterocycles. The van der Waals surface area contributed by atoms with Gasteiger partial charge in [-0.2, -0.15) is 17.0 Å². The lowest BCUT2D eigenvalue weighted by atomic mass is 9.79. The third-order valence-electron chi connectivity index (χ3n) is 7.68. The molecule has 2 amide bonds. The van der Waals surface area contributed by atoms with Crippen LogP contribution in [0.15, 0.2) is 30.3 Å². The number of carbonyl (C=O) groups is 2. The largest absolute Gasteiger partial charge is 0.292 e. The number of amides is 2. The lowest BCUT2D eigenvalue weighted by Gasteiger charge is -2.41. The van der Waals surface area contributed by atoms with Crippen molar-refractivity contribution in [2.24, 2.45) is 11.8 Å². The minimum absolute atomic E-state index is 0.112. The Morgan fingerprint density at radius 1 is 0.879 bits per heavy atom. The SMILES string of the molecule is CCN(CC)S(=O)(=O)N1CCC(C2CCN([C@H]3CC(=O)N(c4ccccc4)C3=O)CC2)CC1. The summed E-state index contributed by atoms with van der Waals surface area (Å²) in [7, 11) is -3.35. The van der Waals surface area contributed by atoms with E-state index in [1.54, 1.807) is 16.4 Å². The Labute approximate surface area is 197 Å². The normalized spacial score (nSPS) is 24.8. The van der Waals surface area contributed by atoms with E-state index in [1.165, 1.54) is 9.21 Å². The van der Waals surface area contributed by atoms with Crippen LogP contribution in [-0.2, 0) is 19.8 Å². The lowest BCUT2D eigenvalue weighted by Crippen LogP contribution is -2.49. The van der Waals surface area contributed by atoms with Gasteiger partial charge in [0.1, 0.15) is 0 Å². The third kappa shape index (κ3) is 4.87. The Morgan fingerprint density at radius 3 is 1.97 bits per heavy atom. The summed E-state index contributed by atoms with van der Waals surface area (Å²) in [5, 5.41) is 0. The van der Waals surface area contributed by atoms with Crippen LogP contribution >= 0.6 is 0 Å². The van der Waals surface area contributed by atoms with Crippen LogP contribution in [0.4, 0.5) is 5.69 Å². The number of anilines is 1. The Hall–Kier alpha value is -1.81. The van der Waals surface area contributed by atoms with Gasteiger partial charge in [-0.25, -0.2) is 4.90 Å². The topological polar surface area (TPSA) is 81.2 Å². The van der Waals surface area contributed by atoms with Crippen LogP contribution in [0.1, 0.15) is 46.0 Å².